The van der Waals surface area contributed by atoms with Crippen molar-refractivity contribution in [2.45, 2.75) is 26.8 Å². The number of rotatable bonds is 5. The predicted octanol–water partition coefficient (Wildman–Crippen LogP) is 0.809. The molecule has 0 aromatic carbocycles. The first-order valence-electron chi connectivity index (χ1n) is 5.82. The third kappa shape index (κ3) is 2.36. The summed E-state index contributed by atoms with van der Waals surface area (Å²) in [4.78, 5) is 3.98. The second kappa shape index (κ2) is 5.09. The smallest absolute Gasteiger partial charge is 0.158 e. The Morgan fingerprint density at radius 2 is 2.24 bits per heavy atom. The highest BCUT2D eigenvalue weighted by molar-refractivity contribution is 5.36. The lowest BCUT2D eigenvalue weighted by Crippen LogP contribution is -2.16. The summed E-state index contributed by atoms with van der Waals surface area (Å²) >= 11 is 0. The van der Waals surface area contributed by atoms with Crippen LogP contribution < -0.4 is 5.32 Å². The predicted molar refractivity (Wildman–Crippen MR) is 64.9 cm³/mol. The van der Waals surface area contributed by atoms with E-state index in [1.54, 1.807) is 11.0 Å². The van der Waals surface area contributed by atoms with Crippen molar-refractivity contribution in [2.24, 2.45) is 7.05 Å². The van der Waals surface area contributed by atoms with E-state index < -0.39 is 0 Å². The highest BCUT2D eigenvalue weighted by Gasteiger charge is 2.14. The Balaban J connectivity index is 2.30. The van der Waals surface area contributed by atoms with Gasteiger partial charge in [0.05, 0.1) is 5.69 Å². The lowest BCUT2D eigenvalue weighted by molar-refractivity contribution is 0.658. The molecule has 0 bridgehead atoms. The summed E-state index contributed by atoms with van der Waals surface area (Å²) in [5.41, 5.74) is 2.20. The molecule has 0 aliphatic carbocycles. The van der Waals surface area contributed by atoms with Gasteiger partial charge in [-0.25, -0.2) is 9.67 Å². The first-order chi connectivity index (χ1) is 8.24. The van der Waals surface area contributed by atoms with Crippen molar-refractivity contribution in [3.63, 3.8) is 0 Å². The lowest BCUT2D eigenvalue weighted by atomic mass is 10.2. The van der Waals surface area contributed by atoms with Crippen LogP contribution in [-0.2, 0) is 13.6 Å². The molecule has 2 heterocycles. The van der Waals surface area contributed by atoms with Crippen LogP contribution >= 0.6 is 0 Å². The van der Waals surface area contributed by atoms with Crippen LogP contribution in [0.15, 0.2) is 12.7 Å². The molecule has 2 rings (SSSR count). The summed E-state index contributed by atoms with van der Waals surface area (Å²) in [5, 5.41) is 12.0. The average molecular weight is 234 g/mol. The number of nitrogens with one attached hydrogen (secondary N) is 1. The molecule has 2 aromatic heterocycles. The third-order valence-electron chi connectivity index (χ3n) is 2.68. The number of hydrogen-bond donors (Lipinski definition) is 1. The van der Waals surface area contributed by atoms with Crippen LogP contribution in [0, 0.1) is 6.92 Å². The van der Waals surface area contributed by atoms with Crippen molar-refractivity contribution in [2.75, 3.05) is 6.54 Å². The van der Waals surface area contributed by atoms with Gasteiger partial charge in [0.25, 0.3) is 0 Å². The molecule has 6 nitrogen and oxygen atoms in total. The molecule has 17 heavy (non-hydrogen) atoms. The molecule has 0 saturated heterocycles. The van der Waals surface area contributed by atoms with Gasteiger partial charge in [-0.15, -0.1) is 0 Å². The summed E-state index contributed by atoms with van der Waals surface area (Å²) in [6.07, 6.45) is 4.35. The van der Waals surface area contributed by atoms with Gasteiger partial charge in [-0.05, 0) is 19.9 Å². The van der Waals surface area contributed by atoms with E-state index in [0.29, 0.717) is 0 Å². The molecule has 0 aliphatic heterocycles. The van der Waals surface area contributed by atoms with Crippen molar-refractivity contribution < 1.29 is 0 Å². The quantitative estimate of drug-likeness (QED) is 0.778. The van der Waals surface area contributed by atoms with Crippen LogP contribution in [0.4, 0.5) is 0 Å². The minimum atomic E-state index is 0.808. The lowest BCUT2D eigenvalue weighted by Gasteiger charge is -2.06. The Hall–Kier alpha value is -1.69. The first-order valence-corrected chi connectivity index (χ1v) is 5.82. The Labute approximate surface area is 101 Å². The molecule has 1 N–H and O–H groups in total. The van der Waals surface area contributed by atoms with E-state index in [0.717, 1.165) is 31.0 Å². The summed E-state index contributed by atoms with van der Waals surface area (Å²) in [6, 6.07) is 0. The SMILES string of the molecule is CCCNCc1c(C)nn(C)c1-n1cncn1. The molecule has 0 atom stereocenters. The molecule has 0 saturated carbocycles. The number of hydrogen-bond acceptors (Lipinski definition) is 4. The maximum Gasteiger partial charge on any atom is 0.158 e. The zero-order valence-corrected chi connectivity index (χ0v) is 10.5. The Bertz CT molecular complexity index is 470. The van der Waals surface area contributed by atoms with E-state index in [9.17, 15) is 0 Å². The summed E-state index contributed by atoms with van der Waals surface area (Å²) in [7, 11) is 1.92. The normalized spacial score (nSPS) is 11.0. The van der Waals surface area contributed by atoms with Gasteiger partial charge in [-0.2, -0.15) is 10.2 Å². The standard InChI is InChI=1S/C11H18N6/c1-4-5-12-6-10-9(2)15-16(3)11(10)17-8-13-7-14-17/h7-8,12H,4-6H2,1-3H3. The van der Waals surface area contributed by atoms with Crippen LogP contribution in [0.3, 0.4) is 0 Å². The largest absolute Gasteiger partial charge is 0.312 e. The minimum absolute atomic E-state index is 0.808. The molecule has 92 valence electrons. The molecular weight excluding hydrogens is 216 g/mol. The van der Waals surface area contributed by atoms with E-state index in [4.69, 9.17) is 0 Å². The van der Waals surface area contributed by atoms with Crippen molar-refractivity contribution in [1.29, 1.82) is 0 Å². The van der Waals surface area contributed by atoms with Crippen molar-refractivity contribution >= 4 is 0 Å². The van der Waals surface area contributed by atoms with Crippen molar-refractivity contribution in [1.82, 2.24) is 29.9 Å². The van der Waals surface area contributed by atoms with Gasteiger partial charge in [0, 0.05) is 19.2 Å². The zero-order chi connectivity index (χ0) is 12.3. The summed E-state index contributed by atoms with van der Waals surface area (Å²) in [5.74, 6) is 0.976. The third-order valence-corrected chi connectivity index (χ3v) is 2.68. The van der Waals surface area contributed by atoms with Gasteiger partial charge >= 0.3 is 0 Å². The van der Waals surface area contributed by atoms with Gasteiger partial charge in [0.15, 0.2) is 5.82 Å². The first kappa shape index (κ1) is 11.8. The fraction of sp³-hybridized carbons (Fsp3) is 0.545. The monoisotopic (exact) mass is 234 g/mol. The van der Waals surface area contributed by atoms with Gasteiger partial charge in [0.2, 0.25) is 0 Å². The molecule has 0 fully saturated rings. The van der Waals surface area contributed by atoms with E-state index in [1.165, 1.54) is 11.9 Å². The maximum atomic E-state index is 4.43. The second-order valence-corrected chi connectivity index (χ2v) is 4.03. The molecule has 2 aromatic rings. The molecule has 0 unspecified atom stereocenters. The van der Waals surface area contributed by atoms with Gasteiger partial charge in [0.1, 0.15) is 12.7 Å². The second-order valence-electron chi connectivity index (χ2n) is 4.03. The van der Waals surface area contributed by atoms with Crippen LogP contribution in [-0.4, -0.2) is 31.1 Å². The van der Waals surface area contributed by atoms with E-state index in [2.05, 4.69) is 27.4 Å². The number of aromatic nitrogens is 5. The molecule has 6 heteroatoms. The van der Waals surface area contributed by atoms with Crippen molar-refractivity contribution in [3.8, 4) is 5.82 Å². The van der Waals surface area contributed by atoms with E-state index in [-0.39, 0.29) is 0 Å². The van der Waals surface area contributed by atoms with E-state index >= 15 is 0 Å². The van der Waals surface area contributed by atoms with Crippen molar-refractivity contribution in [3.05, 3.63) is 23.9 Å². The summed E-state index contributed by atoms with van der Waals surface area (Å²) in [6.45, 7) is 5.98. The van der Waals surface area contributed by atoms with Crippen LogP contribution in [0.1, 0.15) is 24.6 Å². The fourth-order valence-corrected chi connectivity index (χ4v) is 1.89. The average Bonchev–Trinajstić information content (AvgIpc) is 2.88. The molecule has 0 spiro atoms. The minimum Gasteiger partial charge on any atom is -0.312 e. The fourth-order valence-electron chi connectivity index (χ4n) is 1.89. The highest BCUT2D eigenvalue weighted by Crippen LogP contribution is 2.16. The van der Waals surface area contributed by atoms with Crippen LogP contribution in [0.25, 0.3) is 5.82 Å². The molecule has 0 radical (unpaired) electrons. The zero-order valence-electron chi connectivity index (χ0n) is 10.5. The molecule has 0 amide bonds. The van der Waals surface area contributed by atoms with Crippen LogP contribution in [0.5, 0.6) is 0 Å². The maximum absolute atomic E-state index is 4.43. The van der Waals surface area contributed by atoms with Gasteiger partial charge in [-0.3, -0.25) is 4.68 Å². The van der Waals surface area contributed by atoms with Crippen LogP contribution in [0.2, 0.25) is 0 Å². The van der Waals surface area contributed by atoms with E-state index in [1.807, 2.05) is 18.7 Å². The molecule has 0 aliphatic rings. The van der Waals surface area contributed by atoms with Gasteiger partial charge in [-0.1, -0.05) is 6.92 Å². The topological polar surface area (TPSA) is 60.6 Å². The number of aryl methyl sites for hydroxylation is 2. The Kier molecular flexibility index (Phi) is 3.53. The highest BCUT2D eigenvalue weighted by atomic mass is 15.4. The number of nitrogens with zero attached hydrogens (tertiary/aromatic N) is 5. The molecular formula is C11H18N6. The Morgan fingerprint density at radius 1 is 1.41 bits per heavy atom. The Morgan fingerprint density at radius 3 is 2.88 bits per heavy atom. The summed E-state index contributed by atoms with van der Waals surface area (Å²) < 4.78 is 3.59. The van der Waals surface area contributed by atoms with Gasteiger partial charge < -0.3 is 5.32 Å².